The van der Waals surface area contributed by atoms with Gasteiger partial charge in [0.25, 0.3) is 5.91 Å². The number of benzene rings is 2. The maximum absolute atomic E-state index is 13.2. The number of hydrogen-bond donors (Lipinski definition) is 1. The molecule has 4 rings (SSSR count). The Balaban J connectivity index is 1.60. The van der Waals surface area contributed by atoms with E-state index in [0.717, 1.165) is 23.8 Å². The van der Waals surface area contributed by atoms with Crippen molar-refractivity contribution in [2.75, 3.05) is 10.2 Å². The number of anilines is 2. The van der Waals surface area contributed by atoms with E-state index in [1.807, 2.05) is 0 Å². The lowest BCUT2D eigenvalue weighted by Gasteiger charge is -2.19. The van der Waals surface area contributed by atoms with Crippen molar-refractivity contribution in [2.24, 2.45) is 11.8 Å². The zero-order valence-corrected chi connectivity index (χ0v) is 15.9. The number of nitrogens with zero attached hydrogens (tertiary/aromatic N) is 1. The molecule has 0 aromatic heterocycles. The summed E-state index contributed by atoms with van der Waals surface area (Å²) < 4.78 is 39.5. The Bertz CT molecular complexity index is 995. The number of carbonyl (C=O) groups is 3. The number of fused-ring (bicyclic) bond motifs is 1. The minimum atomic E-state index is -4.61. The number of alkyl halides is 3. The second-order valence-electron chi connectivity index (χ2n) is 7.56. The first-order chi connectivity index (χ1) is 14.3. The molecule has 1 saturated heterocycles. The van der Waals surface area contributed by atoms with Crippen LogP contribution in [0.25, 0.3) is 0 Å². The molecule has 3 amide bonds. The van der Waals surface area contributed by atoms with Crippen molar-refractivity contribution in [3.8, 4) is 0 Å². The lowest BCUT2D eigenvalue weighted by molar-refractivity contribution is -0.137. The topological polar surface area (TPSA) is 66.5 Å². The predicted molar refractivity (Wildman–Crippen MR) is 104 cm³/mol. The van der Waals surface area contributed by atoms with Crippen molar-refractivity contribution >= 4 is 29.1 Å². The van der Waals surface area contributed by atoms with Crippen LogP contribution in [0.3, 0.4) is 0 Å². The minimum absolute atomic E-state index is 0.0555. The van der Waals surface area contributed by atoms with E-state index in [9.17, 15) is 27.6 Å². The van der Waals surface area contributed by atoms with Gasteiger partial charge in [-0.2, -0.15) is 13.2 Å². The van der Waals surface area contributed by atoms with E-state index < -0.39 is 17.6 Å². The van der Waals surface area contributed by atoms with E-state index in [2.05, 4.69) is 5.32 Å². The van der Waals surface area contributed by atoms with Gasteiger partial charge in [-0.25, -0.2) is 0 Å². The monoisotopic (exact) mass is 416 g/mol. The summed E-state index contributed by atoms with van der Waals surface area (Å²) in [5.41, 5.74) is -1.00. The summed E-state index contributed by atoms with van der Waals surface area (Å²) in [6.07, 6.45) is -1.49. The predicted octanol–water partition coefficient (Wildman–Crippen LogP) is 4.64. The molecule has 1 N–H and O–H groups in total. The van der Waals surface area contributed by atoms with Crippen LogP contribution in [0.4, 0.5) is 24.5 Å². The maximum atomic E-state index is 13.2. The fourth-order valence-corrected chi connectivity index (χ4v) is 4.24. The summed E-state index contributed by atoms with van der Waals surface area (Å²) in [7, 11) is 0. The van der Waals surface area contributed by atoms with Gasteiger partial charge in [-0.1, -0.05) is 31.0 Å². The summed E-state index contributed by atoms with van der Waals surface area (Å²) in [5, 5.41) is 2.28. The number of rotatable bonds is 3. The summed E-state index contributed by atoms with van der Waals surface area (Å²) in [5.74, 6) is -1.97. The van der Waals surface area contributed by atoms with Crippen molar-refractivity contribution in [1.82, 2.24) is 0 Å². The van der Waals surface area contributed by atoms with Crippen molar-refractivity contribution in [3.63, 3.8) is 0 Å². The largest absolute Gasteiger partial charge is 0.418 e. The Morgan fingerprint density at radius 2 is 1.57 bits per heavy atom. The van der Waals surface area contributed by atoms with Gasteiger partial charge in [-0.05, 0) is 43.2 Å². The molecule has 0 spiro atoms. The molecule has 1 heterocycles. The lowest BCUT2D eigenvalue weighted by Crippen LogP contribution is -2.31. The van der Waals surface area contributed by atoms with Crippen LogP contribution in [0, 0.1) is 11.8 Å². The SMILES string of the molecule is O=C(Nc1ccccc1C(F)(F)F)c1cccc(N2C(=O)[C@H]3CCCC[C@H]3C2=O)c1. The Hall–Kier alpha value is -3.16. The average Bonchev–Trinajstić information content (AvgIpc) is 2.98. The number of carbonyl (C=O) groups excluding carboxylic acids is 3. The van der Waals surface area contributed by atoms with Crippen LogP contribution in [0.15, 0.2) is 48.5 Å². The van der Waals surface area contributed by atoms with E-state index in [-0.39, 0.29) is 40.6 Å². The van der Waals surface area contributed by atoms with E-state index in [1.165, 1.54) is 36.4 Å². The molecule has 1 aliphatic carbocycles. The molecule has 8 heteroatoms. The highest BCUT2D eigenvalue weighted by Gasteiger charge is 2.48. The first-order valence-corrected chi connectivity index (χ1v) is 9.73. The van der Waals surface area contributed by atoms with Gasteiger partial charge in [0.05, 0.1) is 28.8 Å². The third-order valence-corrected chi connectivity index (χ3v) is 5.69. The fraction of sp³-hybridized carbons (Fsp3) is 0.318. The number of amides is 3. The molecular formula is C22H19F3N2O3. The molecule has 2 fully saturated rings. The van der Waals surface area contributed by atoms with Gasteiger partial charge < -0.3 is 5.32 Å². The van der Waals surface area contributed by atoms with Gasteiger partial charge in [-0.3, -0.25) is 19.3 Å². The van der Waals surface area contributed by atoms with Crippen molar-refractivity contribution in [3.05, 3.63) is 59.7 Å². The number of hydrogen-bond acceptors (Lipinski definition) is 3. The molecule has 0 bridgehead atoms. The van der Waals surface area contributed by atoms with Crippen LogP contribution in [-0.4, -0.2) is 17.7 Å². The molecule has 0 radical (unpaired) electrons. The third-order valence-electron chi connectivity index (χ3n) is 5.69. The molecule has 1 saturated carbocycles. The zero-order valence-electron chi connectivity index (χ0n) is 15.9. The number of para-hydroxylation sites is 1. The first-order valence-electron chi connectivity index (χ1n) is 9.73. The standard InChI is InChI=1S/C22H19F3N2O3/c23-22(24,25)17-10-3-4-11-18(17)26-19(28)13-6-5-7-14(12-13)27-20(29)15-8-1-2-9-16(15)21(27)30/h3-7,10-12,15-16H,1-2,8-9H2,(H,26,28)/t15-,16+. The number of nitrogens with one attached hydrogen (secondary N) is 1. The van der Waals surface area contributed by atoms with Gasteiger partial charge in [-0.15, -0.1) is 0 Å². The van der Waals surface area contributed by atoms with Crippen LogP contribution in [0.5, 0.6) is 0 Å². The van der Waals surface area contributed by atoms with Crippen LogP contribution < -0.4 is 10.2 Å². The second kappa shape index (κ2) is 7.59. The molecule has 0 unspecified atom stereocenters. The quantitative estimate of drug-likeness (QED) is 0.742. The van der Waals surface area contributed by atoms with Crippen molar-refractivity contribution < 1.29 is 27.6 Å². The smallest absolute Gasteiger partial charge is 0.321 e. The molecule has 2 aromatic rings. The number of halogens is 3. The van der Waals surface area contributed by atoms with Crippen LogP contribution >= 0.6 is 0 Å². The molecular weight excluding hydrogens is 397 g/mol. The molecule has 2 aromatic carbocycles. The molecule has 30 heavy (non-hydrogen) atoms. The highest BCUT2D eigenvalue weighted by Crippen LogP contribution is 2.40. The normalized spacial score (nSPS) is 21.5. The van der Waals surface area contributed by atoms with Gasteiger partial charge in [0.1, 0.15) is 0 Å². The Morgan fingerprint density at radius 1 is 0.933 bits per heavy atom. The highest BCUT2D eigenvalue weighted by molar-refractivity contribution is 6.22. The van der Waals surface area contributed by atoms with E-state index >= 15 is 0 Å². The summed E-state index contributed by atoms with van der Waals surface area (Å²) in [6, 6.07) is 10.5. The van der Waals surface area contributed by atoms with E-state index in [4.69, 9.17) is 0 Å². The lowest BCUT2D eigenvalue weighted by atomic mass is 9.81. The number of imide groups is 1. The average molecular weight is 416 g/mol. The maximum Gasteiger partial charge on any atom is 0.418 e. The molecule has 1 aliphatic heterocycles. The van der Waals surface area contributed by atoms with Gasteiger partial charge in [0, 0.05) is 5.56 Å². The highest BCUT2D eigenvalue weighted by atomic mass is 19.4. The molecule has 2 aliphatic rings. The van der Waals surface area contributed by atoms with Crippen LogP contribution in [0.1, 0.15) is 41.6 Å². The van der Waals surface area contributed by atoms with E-state index in [1.54, 1.807) is 6.07 Å². The Morgan fingerprint density at radius 3 is 2.20 bits per heavy atom. The molecule has 156 valence electrons. The van der Waals surface area contributed by atoms with Crippen molar-refractivity contribution in [1.29, 1.82) is 0 Å². The fourth-order valence-electron chi connectivity index (χ4n) is 4.24. The third kappa shape index (κ3) is 3.58. The van der Waals surface area contributed by atoms with E-state index in [0.29, 0.717) is 12.8 Å². The second-order valence-corrected chi connectivity index (χ2v) is 7.56. The summed E-state index contributed by atoms with van der Waals surface area (Å²) >= 11 is 0. The summed E-state index contributed by atoms with van der Waals surface area (Å²) in [6.45, 7) is 0. The first kappa shape index (κ1) is 20.1. The van der Waals surface area contributed by atoms with Gasteiger partial charge in [0.2, 0.25) is 11.8 Å². The van der Waals surface area contributed by atoms with Gasteiger partial charge >= 0.3 is 6.18 Å². The Kier molecular flexibility index (Phi) is 5.09. The van der Waals surface area contributed by atoms with Crippen LogP contribution in [0.2, 0.25) is 0 Å². The minimum Gasteiger partial charge on any atom is -0.321 e. The molecule has 5 nitrogen and oxygen atoms in total. The van der Waals surface area contributed by atoms with Crippen molar-refractivity contribution in [2.45, 2.75) is 31.9 Å². The van der Waals surface area contributed by atoms with Gasteiger partial charge in [0.15, 0.2) is 0 Å². The zero-order chi connectivity index (χ0) is 21.5. The van der Waals surface area contributed by atoms with Crippen LogP contribution in [-0.2, 0) is 15.8 Å². The molecule has 2 atom stereocenters. The summed E-state index contributed by atoms with van der Waals surface area (Å²) in [4.78, 5) is 39.2. The Labute approximate surface area is 170 Å².